The Morgan fingerprint density at radius 2 is 2.25 bits per heavy atom. The van der Waals surface area contributed by atoms with Gasteiger partial charge in [-0.25, -0.2) is 0 Å². The predicted octanol–water partition coefficient (Wildman–Crippen LogP) is 2.16. The number of carbonyl (C=O) groups is 1. The third-order valence-corrected chi connectivity index (χ3v) is 3.43. The lowest BCUT2D eigenvalue weighted by Gasteiger charge is -2.18. The lowest BCUT2D eigenvalue weighted by Crippen LogP contribution is -2.32. The van der Waals surface area contributed by atoms with Crippen LogP contribution in [0.15, 0.2) is 28.7 Å². The van der Waals surface area contributed by atoms with E-state index in [2.05, 4.69) is 28.2 Å². The topological polar surface area (TPSA) is 32.3 Å². The Balaban J connectivity index is 2.17. The van der Waals surface area contributed by atoms with Gasteiger partial charge in [0.15, 0.2) is 0 Å². The van der Waals surface area contributed by atoms with Crippen molar-refractivity contribution in [1.82, 2.24) is 5.32 Å². The zero-order valence-corrected chi connectivity index (χ0v) is 10.8. The zero-order chi connectivity index (χ0) is 11.5. The van der Waals surface area contributed by atoms with Crippen molar-refractivity contribution in [3.63, 3.8) is 0 Å². The number of likely N-dealkylation sites (N-methyl/N-ethyl adjacent to an activating group) is 1. The normalized spacial score (nSPS) is 20.5. The van der Waals surface area contributed by atoms with Gasteiger partial charge in [-0.15, -0.1) is 0 Å². The van der Waals surface area contributed by atoms with E-state index in [4.69, 9.17) is 0 Å². The fraction of sp³-hybridized carbons (Fsp3) is 0.417. The molecular weight excluding hydrogens is 268 g/mol. The van der Waals surface area contributed by atoms with Gasteiger partial charge in [-0.05, 0) is 34.6 Å². The molecule has 0 spiro atoms. The van der Waals surface area contributed by atoms with Crippen molar-refractivity contribution >= 4 is 27.5 Å². The lowest BCUT2D eigenvalue weighted by molar-refractivity contribution is -0.117. The molecule has 0 aromatic heterocycles. The molecule has 0 radical (unpaired) electrons. The summed E-state index contributed by atoms with van der Waals surface area (Å²) in [5.74, 6) is 0.192. The quantitative estimate of drug-likeness (QED) is 0.922. The number of hydrogen-bond acceptors (Lipinski definition) is 2. The number of halogens is 1. The molecule has 0 aliphatic carbocycles. The smallest absolute Gasteiger partial charge is 0.228 e. The van der Waals surface area contributed by atoms with E-state index in [-0.39, 0.29) is 11.9 Å². The van der Waals surface area contributed by atoms with Crippen molar-refractivity contribution in [1.29, 1.82) is 0 Å². The zero-order valence-electron chi connectivity index (χ0n) is 9.24. The maximum absolute atomic E-state index is 11.9. The molecule has 1 aliphatic heterocycles. The third-order valence-electron chi connectivity index (χ3n) is 2.76. The monoisotopic (exact) mass is 282 g/mol. The minimum atomic E-state index is 0.192. The number of hydrogen-bond donors (Lipinski definition) is 1. The Morgan fingerprint density at radius 1 is 1.50 bits per heavy atom. The van der Waals surface area contributed by atoms with Crippen LogP contribution in [0.3, 0.4) is 0 Å². The van der Waals surface area contributed by atoms with E-state index in [0.29, 0.717) is 6.42 Å². The molecule has 86 valence electrons. The van der Waals surface area contributed by atoms with Gasteiger partial charge < -0.3 is 10.2 Å². The highest BCUT2D eigenvalue weighted by molar-refractivity contribution is 9.10. The second-order valence-electron chi connectivity index (χ2n) is 3.91. The van der Waals surface area contributed by atoms with Gasteiger partial charge in [0, 0.05) is 23.5 Å². The molecular formula is C12H15BrN2O. The first-order valence-electron chi connectivity index (χ1n) is 5.50. The predicted molar refractivity (Wildman–Crippen MR) is 68.6 cm³/mol. The first kappa shape index (κ1) is 11.6. The highest BCUT2D eigenvalue weighted by Gasteiger charge is 2.30. The Bertz CT molecular complexity index is 394. The van der Waals surface area contributed by atoms with Gasteiger partial charge in [-0.3, -0.25) is 4.79 Å². The number of anilines is 1. The van der Waals surface area contributed by atoms with Crippen LogP contribution in [-0.4, -0.2) is 25.0 Å². The fourth-order valence-electron chi connectivity index (χ4n) is 2.04. The van der Waals surface area contributed by atoms with Crippen LogP contribution in [0.1, 0.15) is 13.3 Å². The molecule has 2 rings (SSSR count). The van der Waals surface area contributed by atoms with Crippen LogP contribution in [0.4, 0.5) is 5.69 Å². The molecule has 1 heterocycles. The number of amides is 1. The number of nitrogens with zero attached hydrogens (tertiary/aromatic N) is 1. The first-order chi connectivity index (χ1) is 7.72. The van der Waals surface area contributed by atoms with Gasteiger partial charge >= 0.3 is 0 Å². The largest absolute Gasteiger partial charge is 0.312 e. The molecule has 4 heteroatoms. The highest BCUT2D eigenvalue weighted by Crippen LogP contribution is 2.29. The van der Waals surface area contributed by atoms with Crippen LogP contribution in [0.2, 0.25) is 0 Å². The van der Waals surface area contributed by atoms with Crippen molar-refractivity contribution in [2.45, 2.75) is 19.4 Å². The molecule has 3 nitrogen and oxygen atoms in total. The molecule has 1 fully saturated rings. The number of benzene rings is 1. The van der Waals surface area contributed by atoms with Gasteiger partial charge in [-0.1, -0.05) is 19.1 Å². The van der Waals surface area contributed by atoms with Crippen molar-refractivity contribution in [2.24, 2.45) is 0 Å². The Hall–Kier alpha value is -0.870. The molecule has 1 atom stereocenters. The van der Waals surface area contributed by atoms with Crippen LogP contribution < -0.4 is 10.2 Å². The van der Waals surface area contributed by atoms with E-state index in [9.17, 15) is 4.79 Å². The Kier molecular flexibility index (Phi) is 3.61. The summed E-state index contributed by atoms with van der Waals surface area (Å²) in [6.45, 7) is 3.72. The minimum Gasteiger partial charge on any atom is -0.312 e. The average molecular weight is 283 g/mol. The van der Waals surface area contributed by atoms with E-state index >= 15 is 0 Å². The first-order valence-corrected chi connectivity index (χ1v) is 6.30. The molecule has 16 heavy (non-hydrogen) atoms. The average Bonchev–Trinajstić information content (AvgIpc) is 2.61. The summed E-state index contributed by atoms with van der Waals surface area (Å²) in [5.41, 5.74) is 0.966. The van der Waals surface area contributed by atoms with Crippen LogP contribution in [-0.2, 0) is 4.79 Å². The maximum Gasteiger partial charge on any atom is 0.228 e. The van der Waals surface area contributed by atoms with Crippen LogP contribution >= 0.6 is 15.9 Å². The third kappa shape index (κ3) is 2.28. The lowest BCUT2D eigenvalue weighted by atomic mass is 10.2. The molecule has 1 aliphatic rings. The summed E-state index contributed by atoms with van der Waals surface area (Å²) in [5, 5.41) is 3.32. The molecule has 1 N–H and O–H groups in total. The summed E-state index contributed by atoms with van der Waals surface area (Å²) in [6.07, 6.45) is 0.592. The maximum atomic E-state index is 11.9. The van der Waals surface area contributed by atoms with Gasteiger partial charge in [0.1, 0.15) is 0 Å². The van der Waals surface area contributed by atoms with Gasteiger partial charge in [0.2, 0.25) is 5.91 Å². The summed E-state index contributed by atoms with van der Waals surface area (Å²) in [4.78, 5) is 13.7. The summed E-state index contributed by atoms with van der Waals surface area (Å²) >= 11 is 3.48. The van der Waals surface area contributed by atoms with E-state index in [1.807, 2.05) is 29.2 Å². The second kappa shape index (κ2) is 4.97. The van der Waals surface area contributed by atoms with E-state index in [1.165, 1.54) is 0 Å². The van der Waals surface area contributed by atoms with Crippen molar-refractivity contribution in [2.75, 3.05) is 18.0 Å². The minimum absolute atomic E-state index is 0.192. The SMILES string of the molecule is CCNC1CC(=O)N(c2ccccc2Br)C1. The Labute approximate surface area is 104 Å². The van der Waals surface area contributed by atoms with Gasteiger partial charge in [0.25, 0.3) is 0 Å². The summed E-state index contributed by atoms with van der Waals surface area (Å²) in [7, 11) is 0. The standard InChI is InChI=1S/C12H15BrN2O/c1-2-14-9-7-12(16)15(8-9)11-6-4-3-5-10(11)13/h3-6,9,14H,2,7-8H2,1H3. The van der Waals surface area contributed by atoms with E-state index in [0.717, 1.165) is 23.2 Å². The van der Waals surface area contributed by atoms with Gasteiger partial charge in [0.05, 0.1) is 5.69 Å². The number of para-hydroxylation sites is 1. The summed E-state index contributed by atoms with van der Waals surface area (Å²) < 4.78 is 0.973. The Morgan fingerprint density at radius 3 is 2.94 bits per heavy atom. The number of carbonyl (C=O) groups excluding carboxylic acids is 1. The fourth-order valence-corrected chi connectivity index (χ4v) is 2.54. The van der Waals surface area contributed by atoms with Crippen molar-refractivity contribution in [3.05, 3.63) is 28.7 Å². The summed E-state index contributed by atoms with van der Waals surface area (Å²) in [6, 6.07) is 8.12. The van der Waals surface area contributed by atoms with Crippen LogP contribution in [0, 0.1) is 0 Å². The highest BCUT2D eigenvalue weighted by atomic mass is 79.9. The number of nitrogens with one attached hydrogen (secondary N) is 1. The van der Waals surface area contributed by atoms with Crippen LogP contribution in [0.5, 0.6) is 0 Å². The molecule has 0 bridgehead atoms. The van der Waals surface area contributed by atoms with Crippen molar-refractivity contribution in [3.8, 4) is 0 Å². The van der Waals surface area contributed by atoms with Crippen LogP contribution in [0.25, 0.3) is 0 Å². The second-order valence-corrected chi connectivity index (χ2v) is 4.77. The van der Waals surface area contributed by atoms with E-state index < -0.39 is 0 Å². The number of rotatable bonds is 3. The molecule has 1 aromatic carbocycles. The molecule has 0 saturated carbocycles. The molecule has 1 saturated heterocycles. The molecule has 1 unspecified atom stereocenters. The molecule has 1 aromatic rings. The van der Waals surface area contributed by atoms with E-state index in [1.54, 1.807) is 0 Å². The van der Waals surface area contributed by atoms with Gasteiger partial charge in [-0.2, -0.15) is 0 Å². The van der Waals surface area contributed by atoms with Crippen molar-refractivity contribution < 1.29 is 4.79 Å². The molecule has 1 amide bonds.